The first-order valence-corrected chi connectivity index (χ1v) is 17.3. The molecule has 7 rings (SSSR count). The maximum Gasteiger partial charge on any atom is 0.416 e. The van der Waals surface area contributed by atoms with Crippen LogP contribution in [0.1, 0.15) is 58.8 Å². The molecule has 1 saturated heterocycles. The Morgan fingerprint density at radius 1 is 1.06 bits per heavy atom. The number of benzene rings is 1. The van der Waals surface area contributed by atoms with Crippen LogP contribution in [0.4, 0.5) is 23.7 Å². The van der Waals surface area contributed by atoms with Crippen molar-refractivity contribution in [1.29, 1.82) is 0 Å². The van der Waals surface area contributed by atoms with Crippen LogP contribution in [-0.2, 0) is 29.4 Å². The molecule has 4 aromatic rings. The Morgan fingerprint density at radius 2 is 1.81 bits per heavy atom. The first kappa shape index (κ1) is 35.9. The van der Waals surface area contributed by atoms with Crippen LogP contribution in [0.5, 0.6) is 5.75 Å². The second-order valence-corrected chi connectivity index (χ2v) is 14.1. The topological polar surface area (TPSA) is 158 Å². The Labute approximate surface area is 305 Å². The summed E-state index contributed by atoms with van der Waals surface area (Å²) in [7, 11) is 3.33. The predicted octanol–water partition coefficient (Wildman–Crippen LogP) is 4.19. The van der Waals surface area contributed by atoms with E-state index in [4.69, 9.17) is 16.6 Å². The number of halogens is 4. The summed E-state index contributed by atoms with van der Waals surface area (Å²) in [6.07, 6.45) is 0.888. The van der Waals surface area contributed by atoms with Gasteiger partial charge in [-0.1, -0.05) is 17.7 Å². The molecular weight excluding hydrogens is 719 g/mol. The monoisotopic (exact) mass is 753 g/mol. The van der Waals surface area contributed by atoms with Gasteiger partial charge in [0.1, 0.15) is 12.3 Å². The molecule has 1 aromatic carbocycles. The second-order valence-electron chi connectivity index (χ2n) is 13.6. The number of aromatic hydroxyl groups is 1. The highest BCUT2D eigenvalue weighted by Gasteiger charge is 2.46. The number of nitrogens with one attached hydrogen (secondary N) is 1. The molecule has 278 valence electrons. The minimum atomic E-state index is -4.62. The predicted molar refractivity (Wildman–Crippen MR) is 187 cm³/mol. The number of hydrogen-bond acceptors (Lipinski definition) is 8. The van der Waals surface area contributed by atoms with E-state index in [1.807, 2.05) is 6.08 Å². The van der Waals surface area contributed by atoms with E-state index in [2.05, 4.69) is 15.4 Å². The van der Waals surface area contributed by atoms with E-state index >= 15 is 0 Å². The van der Waals surface area contributed by atoms with Gasteiger partial charge in [-0.25, -0.2) is 9.78 Å². The normalized spacial score (nSPS) is 16.8. The average molecular weight is 754 g/mol. The summed E-state index contributed by atoms with van der Waals surface area (Å²) in [5.41, 5.74) is -0.302. The summed E-state index contributed by atoms with van der Waals surface area (Å²) in [6, 6.07) is 5.41. The lowest BCUT2D eigenvalue weighted by molar-refractivity contribution is -0.137. The molecule has 0 saturated carbocycles. The maximum atomic E-state index is 14.4. The number of anilines is 1. The highest BCUT2D eigenvalue weighted by molar-refractivity contribution is 6.33. The Balaban J connectivity index is 1.24. The zero-order valence-corrected chi connectivity index (χ0v) is 29.5. The number of fused-ring (bicyclic) bond motifs is 3. The molecule has 3 aliphatic rings. The Morgan fingerprint density at radius 3 is 2.45 bits per heavy atom. The minimum absolute atomic E-state index is 0.0165. The van der Waals surface area contributed by atoms with Gasteiger partial charge in [0.15, 0.2) is 11.5 Å². The molecule has 14 nitrogen and oxygen atoms in total. The van der Waals surface area contributed by atoms with Gasteiger partial charge >= 0.3 is 12.2 Å². The fourth-order valence-corrected chi connectivity index (χ4v) is 7.71. The van der Waals surface area contributed by atoms with Crippen LogP contribution >= 0.6 is 11.6 Å². The van der Waals surface area contributed by atoms with Gasteiger partial charge in [0.25, 0.3) is 11.5 Å². The zero-order chi connectivity index (χ0) is 37.8. The smallest absolute Gasteiger partial charge is 0.416 e. The lowest BCUT2D eigenvalue weighted by atomic mass is 9.74. The maximum absolute atomic E-state index is 14.4. The van der Waals surface area contributed by atoms with Gasteiger partial charge in [0, 0.05) is 63.1 Å². The summed E-state index contributed by atoms with van der Waals surface area (Å²) in [5, 5.41) is 17.1. The first-order valence-electron chi connectivity index (χ1n) is 17.0. The average Bonchev–Trinajstić information content (AvgIpc) is 3.74. The third-order valence-electron chi connectivity index (χ3n) is 10.2. The molecule has 18 heteroatoms. The number of aromatic nitrogens is 5. The molecule has 1 fully saturated rings. The van der Waals surface area contributed by atoms with Gasteiger partial charge in [-0.15, -0.1) is 5.10 Å². The summed E-state index contributed by atoms with van der Waals surface area (Å²) < 4.78 is 42.5. The fourth-order valence-electron chi connectivity index (χ4n) is 7.48. The van der Waals surface area contributed by atoms with Gasteiger partial charge in [-0.3, -0.25) is 14.4 Å². The van der Waals surface area contributed by atoms with E-state index in [9.17, 15) is 37.5 Å². The van der Waals surface area contributed by atoms with Crippen LogP contribution in [0.25, 0.3) is 11.4 Å². The third kappa shape index (κ3) is 6.57. The highest BCUT2D eigenvalue weighted by Crippen LogP contribution is 2.45. The van der Waals surface area contributed by atoms with E-state index in [0.29, 0.717) is 56.5 Å². The van der Waals surface area contributed by atoms with Crippen molar-refractivity contribution < 1.29 is 32.7 Å². The number of urea groups is 1. The lowest BCUT2D eigenvalue weighted by Crippen LogP contribution is -2.46. The number of alkyl halides is 3. The van der Waals surface area contributed by atoms with Gasteiger partial charge in [-0.05, 0) is 68.0 Å². The highest BCUT2D eigenvalue weighted by atomic mass is 35.5. The van der Waals surface area contributed by atoms with Crippen LogP contribution in [0.15, 0.2) is 47.4 Å². The molecule has 1 spiro atoms. The Kier molecular flexibility index (Phi) is 9.16. The number of likely N-dealkylation sites (tertiary alicyclic amines) is 1. The molecule has 0 radical (unpaired) electrons. The zero-order valence-electron chi connectivity index (χ0n) is 28.8. The van der Waals surface area contributed by atoms with Crippen molar-refractivity contribution in [2.45, 2.75) is 50.2 Å². The molecule has 5 heterocycles. The number of piperidine rings is 1. The van der Waals surface area contributed by atoms with Gasteiger partial charge < -0.3 is 29.7 Å². The molecule has 0 bridgehead atoms. The van der Waals surface area contributed by atoms with E-state index in [0.717, 1.165) is 23.8 Å². The summed E-state index contributed by atoms with van der Waals surface area (Å²) in [4.78, 5) is 67.3. The van der Waals surface area contributed by atoms with Crippen molar-refractivity contribution >= 4 is 46.5 Å². The Hall–Kier alpha value is -5.45. The van der Waals surface area contributed by atoms with Crippen LogP contribution in [0.2, 0.25) is 5.02 Å². The van der Waals surface area contributed by atoms with Gasteiger partial charge in [-0.2, -0.15) is 22.7 Å². The van der Waals surface area contributed by atoms with E-state index in [1.54, 1.807) is 28.5 Å². The Bertz CT molecular complexity index is 2240. The molecule has 3 aromatic heterocycles. The SMILES string of the molecule is CN(C)C(=O)N1CC=C(c2nc3n(CC(=O)Nc4ccc(C(F)(F)F)cc4Cl)c4c(c(=O)n3n2)C2(CC4)CCN(C(=O)c3ncccc3O)CC2)CC1. The van der Waals surface area contributed by atoms with E-state index in [1.165, 1.54) is 27.7 Å². The summed E-state index contributed by atoms with van der Waals surface area (Å²) in [6.45, 7) is 0.940. The van der Waals surface area contributed by atoms with Crippen molar-refractivity contribution in [2.75, 3.05) is 45.6 Å². The summed E-state index contributed by atoms with van der Waals surface area (Å²) >= 11 is 6.14. The van der Waals surface area contributed by atoms with Crippen molar-refractivity contribution in [2.24, 2.45) is 0 Å². The van der Waals surface area contributed by atoms with Gasteiger partial charge in [0.2, 0.25) is 11.7 Å². The number of nitrogens with zero attached hydrogens (tertiary/aromatic N) is 8. The molecule has 2 N–H and O–H groups in total. The number of rotatable bonds is 5. The largest absolute Gasteiger partial charge is 0.505 e. The summed E-state index contributed by atoms with van der Waals surface area (Å²) in [5.74, 6) is -0.879. The minimum Gasteiger partial charge on any atom is -0.505 e. The van der Waals surface area contributed by atoms with E-state index < -0.39 is 34.5 Å². The third-order valence-corrected chi connectivity index (χ3v) is 10.6. The molecule has 0 unspecified atom stereocenters. The molecule has 1 aliphatic carbocycles. The molecular formula is C35H35ClF3N9O5. The molecule has 53 heavy (non-hydrogen) atoms. The van der Waals surface area contributed by atoms with Crippen LogP contribution in [0, 0.1) is 0 Å². The van der Waals surface area contributed by atoms with Crippen LogP contribution in [0.3, 0.4) is 0 Å². The number of hydrogen-bond donors (Lipinski definition) is 2. The first-order chi connectivity index (χ1) is 25.2. The van der Waals surface area contributed by atoms with Crippen molar-refractivity contribution in [1.82, 2.24) is 38.8 Å². The van der Waals surface area contributed by atoms with Crippen LogP contribution < -0.4 is 10.9 Å². The van der Waals surface area contributed by atoms with E-state index in [-0.39, 0.29) is 59.4 Å². The number of carbonyl (C=O) groups excluding carboxylic acids is 3. The number of carbonyl (C=O) groups is 3. The van der Waals surface area contributed by atoms with Crippen molar-refractivity contribution in [3.8, 4) is 5.75 Å². The molecule has 4 amide bonds. The van der Waals surface area contributed by atoms with Crippen molar-refractivity contribution in [3.05, 3.63) is 86.3 Å². The lowest BCUT2D eigenvalue weighted by Gasteiger charge is -2.39. The molecule has 0 atom stereocenters. The number of pyridine rings is 1. The second kappa shape index (κ2) is 13.5. The van der Waals surface area contributed by atoms with Crippen molar-refractivity contribution in [3.63, 3.8) is 0 Å². The number of amides is 4. The van der Waals surface area contributed by atoms with Gasteiger partial charge in [0.05, 0.1) is 16.3 Å². The quantitative estimate of drug-likeness (QED) is 0.307. The fraction of sp³-hybridized carbons (Fsp3) is 0.400. The van der Waals surface area contributed by atoms with Crippen LogP contribution in [-0.4, -0.2) is 102 Å². The molecule has 2 aliphatic heterocycles. The standard InChI is InChI=1S/C35H35ClF3N9O5/c1-44(2)33(53)46-14-8-20(9-15-46)29-42-32-47(19-26(50)41-23-6-5-21(18-22(23)36)35(37,38)39)24-7-10-34(27(24)30(51)48(32)43-29)11-16-45(17-12-34)31(52)28-25(49)4-3-13-40-28/h3-6,8,13,18,49H,7,9-12,14-17,19H2,1-2H3,(H,41,50).